The molecule has 0 bridgehead atoms. The molecule has 6 heteroatoms. The standard InChI is InChI=1S/C15H15N3O2S/c1-10(19)12-4-2-3-5-13(12)18-15(20)9-21-11-6-7-14(16)17-8-11/h2-8H,9H2,1H3,(H2,16,17)(H,18,20). The van der Waals surface area contributed by atoms with E-state index < -0.39 is 0 Å². The molecule has 3 N–H and O–H groups in total. The molecule has 2 aromatic rings. The molecule has 0 aliphatic carbocycles. The fourth-order valence-electron chi connectivity index (χ4n) is 1.71. The molecule has 0 spiro atoms. The number of carbonyl (C=O) groups excluding carboxylic acids is 2. The molecule has 1 amide bonds. The number of thioether (sulfide) groups is 1. The molecular weight excluding hydrogens is 286 g/mol. The first-order chi connectivity index (χ1) is 10.1. The van der Waals surface area contributed by atoms with E-state index in [2.05, 4.69) is 10.3 Å². The maximum atomic E-state index is 11.9. The first-order valence-electron chi connectivity index (χ1n) is 6.30. The molecule has 21 heavy (non-hydrogen) atoms. The molecule has 0 saturated heterocycles. The maximum Gasteiger partial charge on any atom is 0.234 e. The van der Waals surface area contributed by atoms with E-state index in [1.165, 1.54) is 18.7 Å². The fraction of sp³-hybridized carbons (Fsp3) is 0.133. The van der Waals surface area contributed by atoms with Crippen molar-refractivity contribution in [2.45, 2.75) is 11.8 Å². The zero-order valence-electron chi connectivity index (χ0n) is 11.5. The highest BCUT2D eigenvalue weighted by molar-refractivity contribution is 8.00. The Balaban J connectivity index is 1.96. The van der Waals surface area contributed by atoms with Crippen molar-refractivity contribution in [3.05, 3.63) is 48.2 Å². The summed E-state index contributed by atoms with van der Waals surface area (Å²) in [6.07, 6.45) is 1.62. The minimum absolute atomic E-state index is 0.0821. The molecule has 0 atom stereocenters. The Bertz CT molecular complexity index is 656. The number of nitrogen functional groups attached to an aromatic ring is 1. The van der Waals surface area contributed by atoms with Gasteiger partial charge in [0.15, 0.2) is 5.78 Å². The molecule has 1 aromatic carbocycles. The van der Waals surface area contributed by atoms with Gasteiger partial charge in [0.1, 0.15) is 5.82 Å². The molecule has 0 aliphatic heterocycles. The topological polar surface area (TPSA) is 85.1 Å². The highest BCUT2D eigenvalue weighted by atomic mass is 32.2. The number of amides is 1. The van der Waals surface area contributed by atoms with Crippen molar-refractivity contribution in [1.82, 2.24) is 4.98 Å². The first-order valence-corrected chi connectivity index (χ1v) is 7.29. The predicted molar refractivity (Wildman–Crippen MR) is 84.4 cm³/mol. The van der Waals surface area contributed by atoms with Crippen LogP contribution in [0.3, 0.4) is 0 Å². The summed E-state index contributed by atoms with van der Waals surface area (Å²) >= 11 is 1.36. The lowest BCUT2D eigenvalue weighted by molar-refractivity contribution is -0.113. The molecule has 0 radical (unpaired) electrons. The molecule has 108 valence electrons. The minimum atomic E-state index is -0.175. The first kappa shape index (κ1) is 15.1. The van der Waals surface area contributed by atoms with E-state index >= 15 is 0 Å². The number of benzene rings is 1. The molecule has 1 heterocycles. The summed E-state index contributed by atoms with van der Waals surface area (Å²) in [7, 11) is 0. The maximum absolute atomic E-state index is 11.9. The highest BCUT2D eigenvalue weighted by Crippen LogP contribution is 2.19. The van der Waals surface area contributed by atoms with E-state index in [-0.39, 0.29) is 17.4 Å². The van der Waals surface area contributed by atoms with Gasteiger partial charge in [-0.05, 0) is 31.2 Å². The summed E-state index contributed by atoms with van der Waals surface area (Å²) in [4.78, 5) is 28.2. The second-order valence-corrected chi connectivity index (χ2v) is 5.41. The summed E-state index contributed by atoms with van der Waals surface area (Å²) in [5.74, 6) is 0.420. The summed E-state index contributed by atoms with van der Waals surface area (Å²) < 4.78 is 0. The number of carbonyl (C=O) groups is 2. The van der Waals surface area contributed by atoms with Crippen molar-refractivity contribution in [3.8, 4) is 0 Å². The number of nitrogens with two attached hydrogens (primary N) is 1. The van der Waals surface area contributed by atoms with Crippen LogP contribution in [0, 0.1) is 0 Å². The Hall–Kier alpha value is -2.34. The van der Waals surface area contributed by atoms with Crippen LogP contribution in [0.25, 0.3) is 0 Å². The zero-order valence-corrected chi connectivity index (χ0v) is 12.3. The van der Waals surface area contributed by atoms with E-state index in [9.17, 15) is 9.59 Å². The van der Waals surface area contributed by atoms with Gasteiger partial charge in [-0.1, -0.05) is 12.1 Å². The van der Waals surface area contributed by atoms with Gasteiger partial charge in [-0.15, -0.1) is 11.8 Å². The summed E-state index contributed by atoms with van der Waals surface area (Å²) in [5, 5.41) is 2.75. The number of anilines is 2. The van der Waals surface area contributed by atoms with E-state index in [0.717, 1.165) is 4.90 Å². The van der Waals surface area contributed by atoms with Crippen LogP contribution in [0.15, 0.2) is 47.5 Å². The van der Waals surface area contributed by atoms with Crippen LogP contribution in [-0.4, -0.2) is 22.4 Å². The Morgan fingerprint density at radius 3 is 2.67 bits per heavy atom. The average molecular weight is 301 g/mol. The quantitative estimate of drug-likeness (QED) is 0.655. The van der Waals surface area contributed by atoms with E-state index in [1.54, 1.807) is 36.5 Å². The molecular formula is C15H15N3O2S. The van der Waals surface area contributed by atoms with E-state index in [1.807, 2.05) is 6.07 Å². The van der Waals surface area contributed by atoms with Gasteiger partial charge in [0.2, 0.25) is 5.91 Å². The Morgan fingerprint density at radius 2 is 2.00 bits per heavy atom. The molecule has 2 rings (SSSR count). The van der Waals surface area contributed by atoms with Gasteiger partial charge in [-0.3, -0.25) is 9.59 Å². The molecule has 1 aromatic heterocycles. The SMILES string of the molecule is CC(=O)c1ccccc1NC(=O)CSc1ccc(N)nc1. The number of pyridine rings is 1. The van der Waals surface area contributed by atoms with Crippen molar-refractivity contribution in [2.24, 2.45) is 0 Å². The van der Waals surface area contributed by atoms with Crippen LogP contribution in [0.1, 0.15) is 17.3 Å². The third-order valence-corrected chi connectivity index (χ3v) is 3.69. The predicted octanol–water partition coefficient (Wildman–Crippen LogP) is 2.60. The lowest BCUT2D eigenvalue weighted by atomic mass is 10.1. The number of Topliss-reactive ketones (excluding diaryl/α,β-unsaturated/α-hetero) is 1. The minimum Gasteiger partial charge on any atom is -0.384 e. The number of para-hydroxylation sites is 1. The second-order valence-electron chi connectivity index (χ2n) is 4.36. The van der Waals surface area contributed by atoms with Gasteiger partial charge in [0.25, 0.3) is 0 Å². The zero-order chi connectivity index (χ0) is 15.2. The van der Waals surface area contributed by atoms with Gasteiger partial charge < -0.3 is 11.1 Å². The van der Waals surface area contributed by atoms with Crippen LogP contribution in [0.4, 0.5) is 11.5 Å². The summed E-state index contributed by atoms with van der Waals surface area (Å²) in [6, 6.07) is 10.4. The van der Waals surface area contributed by atoms with Crippen molar-refractivity contribution in [3.63, 3.8) is 0 Å². The number of ketones is 1. The van der Waals surface area contributed by atoms with Crippen molar-refractivity contribution >= 4 is 35.0 Å². The van der Waals surface area contributed by atoms with Crippen molar-refractivity contribution < 1.29 is 9.59 Å². The van der Waals surface area contributed by atoms with Crippen LogP contribution in [0.2, 0.25) is 0 Å². The summed E-state index contributed by atoms with van der Waals surface area (Å²) in [5.41, 5.74) is 6.54. The lowest BCUT2D eigenvalue weighted by Gasteiger charge is -2.08. The number of hydrogen-bond acceptors (Lipinski definition) is 5. The van der Waals surface area contributed by atoms with E-state index in [0.29, 0.717) is 17.1 Å². The summed E-state index contributed by atoms with van der Waals surface area (Å²) in [6.45, 7) is 1.47. The number of aromatic nitrogens is 1. The molecule has 0 saturated carbocycles. The Kier molecular flexibility index (Phi) is 4.94. The van der Waals surface area contributed by atoms with Crippen LogP contribution < -0.4 is 11.1 Å². The normalized spacial score (nSPS) is 10.1. The molecule has 5 nitrogen and oxygen atoms in total. The van der Waals surface area contributed by atoms with Gasteiger partial charge in [0, 0.05) is 16.7 Å². The fourth-order valence-corrected chi connectivity index (χ4v) is 2.37. The Morgan fingerprint density at radius 1 is 1.24 bits per heavy atom. The monoisotopic (exact) mass is 301 g/mol. The third-order valence-electron chi connectivity index (χ3n) is 2.71. The second kappa shape index (κ2) is 6.90. The van der Waals surface area contributed by atoms with Crippen LogP contribution in [-0.2, 0) is 4.79 Å². The largest absolute Gasteiger partial charge is 0.384 e. The van der Waals surface area contributed by atoms with Gasteiger partial charge >= 0.3 is 0 Å². The van der Waals surface area contributed by atoms with Crippen LogP contribution in [0.5, 0.6) is 0 Å². The van der Waals surface area contributed by atoms with Crippen molar-refractivity contribution in [2.75, 3.05) is 16.8 Å². The number of nitrogens with one attached hydrogen (secondary N) is 1. The number of hydrogen-bond donors (Lipinski definition) is 2. The van der Waals surface area contributed by atoms with Crippen molar-refractivity contribution in [1.29, 1.82) is 0 Å². The average Bonchev–Trinajstić information content (AvgIpc) is 2.47. The lowest BCUT2D eigenvalue weighted by Crippen LogP contribution is -2.16. The molecule has 0 unspecified atom stereocenters. The van der Waals surface area contributed by atoms with E-state index in [4.69, 9.17) is 5.73 Å². The number of rotatable bonds is 5. The van der Waals surface area contributed by atoms with Gasteiger partial charge in [-0.2, -0.15) is 0 Å². The smallest absolute Gasteiger partial charge is 0.234 e. The Labute approximate surface area is 127 Å². The van der Waals surface area contributed by atoms with Crippen LogP contribution >= 0.6 is 11.8 Å². The highest BCUT2D eigenvalue weighted by Gasteiger charge is 2.09. The van der Waals surface area contributed by atoms with Gasteiger partial charge in [-0.25, -0.2) is 4.98 Å². The molecule has 0 fully saturated rings. The number of nitrogens with zero attached hydrogens (tertiary/aromatic N) is 1. The third kappa shape index (κ3) is 4.32. The van der Waals surface area contributed by atoms with Gasteiger partial charge in [0.05, 0.1) is 11.4 Å². The molecule has 0 aliphatic rings.